The molecule has 8 nitrogen and oxygen atoms in total. The van der Waals surface area contributed by atoms with E-state index in [1.165, 1.54) is 6.33 Å². The number of carbonyl (C=O) groups is 1. The van der Waals surface area contributed by atoms with Crippen LogP contribution in [0.5, 0.6) is 0 Å². The van der Waals surface area contributed by atoms with Gasteiger partial charge in [-0.25, -0.2) is 9.78 Å². The van der Waals surface area contributed by atoms with Gasteiger partial charge in [0.05, 0.1) is 12.6 Å². The number of hydrogen-bond donors (Lipinski definition) is 2. The average Bonchev–Trinajstić information content (AvgIpc) is 3.23. The molecular weight excluding hydrogens is 326 g/mol. The Morgan fingerprint density at radius 3 is 2.92 bits per heavy atom. The number of amides is 2. The summed E-state index contributed by atoms with van der Waals surface area (Å²) in [7, 11) is 0. The van der Waals surface area contributed by atoms with Crippen LogP contribution in [0.3, 0.4) is 0 Å². The highest BCUT2D eigenvalue weighted by atomic mass is 32.1. The molecule has 0 bridgehead atoms. The van der Waals surface area contributed by atoms with Gasteiger partial charge in [0, 0.05) is 12.0 Å². The standard InChI is InChI=1S/C15H23N7OS/c1-15(2,3)13-21-19-11(24-13)8-16-14(23)22-7-5-4-6-10(22)12-17-9-18-20-12/h9-10H,4-8H2,1-3H3,(H,16,23)(H,17,18,20). The van der Waals surface area contributed by atoms with Crippen molar-refractivity contribution in [3.63, 3.8) is 0 Å². The van der Waals surface area contributed by atoms with Crippen molar-refractivity contribution in [3.8, 4) is 0 Å². The van der Waals surface area contributed by atoms with E-state index in [4.69, 9.17) is 0 Å². The van der Waals surface area contributed by atoms with E-state index in [1.54, 1.807) is 11.3 Å². The van der Waals surface area contributed by atoms with Crippen molar-refractivity contribution >= 4 is 17.4 Å². The number of nitrogens with one attached hydrogen (secondary N) is 2. The van der Waals surface area contributed by atoms with E-state index < -0.39 is 0 Å². The predicted molar refractivity (Wildman–Crippen MR) is 90.5 cm³/mol. The Labute approximate surface area is 145 Å². The molecular formula is C15H23N7OS. The van der Waals surface area contributed by atoms with Gasteiger partial charge in [-0.15, -0.1) is 10.2 Å². The van der Waals surface area contributed by atoms with Gasteiger partial charge in [0.15, 0.2) is 0 Å². The Balaban J connectivity index is 1.62. The summed E-state index contributed by atoms with van der Waals surface area (Å²) in [6.45, 7) is 7.43. The molecule has 1 aliphatic rings. The summed E-state index contributed by atoms with van der Waals surface area (Å²) in [5.41, 5.74) is -0.0236. The maximum atomic E-state index is 12.6. The van der Waals surface area contributed by atoms with E-state index >= 15 is 0 Å². The molecule has 0 spiro atoms. The van der Waals surface area contributed by atoms with Gasteiger partial charge in [0.1, 0.15) is 22.2 Å². The van der Waals surface area contributed by atoms with E-state index in [-0.39, 0.29) is 17.5 Å². The van der Waals surface area contributed by atoms with E-state index in [9.17, 15) is 4.79 Å². The molecule has 9 heteroatoms. The quantitative estimate of drug-likeness (QED) is 0.886. The van der Waals surface area contributed by atoms with Gasteiger partial charge < -0.3 is 10.2 Å². The summed E-state index contributed by atoms with van der Waals surface area (Å²) in [5, 5.41) is 19.9. The number of nitrogens with zero attached hydrogens (tertiary/aromatic N) is 5. The summed E-state index contributed by atoms with van der Waals surface area (Å²) < 4.78 is 0. The average molecular weight is 349 g/mol. The lowest BCUT2D eigenvalue weighted by atomic mass is 9.98. The Bertz CT molecular complexity index is 676. The first-order chi connectivity index (χ1) is 11.4. The predicted octanol–water partition coefficient (Wildman–Crippen LogP) is 2.39. The van der Waals surface area contributed by atoms with Gasteiger partial charge in [-0.1, -0.05) is 32.1 Å². The third kappa shape index (κ3) is 3.72. The smallest absolute Gasteiger partial charge is 0.318 e. The minimum absolute atomic E-state index is 0.0236. The van der Waals surface area contributed by atoms with Gasteiger partial charge in [-0.05, 0) is 19.3 Å². The first-order valence-corrected chi connectivity index (χ1v) is 8.99. The number of piperidine rings is 1. The molecule has 1 fully saturated rings. The fourth-order valence-electron chi connectivity index (χ4n) is 2.72. The number of H-pyrrole nitrogens is 1. The number of urea groups is 1. The molecule has 0 radical (unpaired) electrons. The minimum atomic E-state index is -0.0939. The summed E-state index contributed by atoms with van der Waals surface area (Å²) in [6.07, 6.45) is 4.47. The Morgan fingerprint density at radius 2 is 2.25 bits per heavy atom. The largest absolute Gasteiger partial charge is 0.331 e. The van der Waals surface area contributed by atoms with Crippen molar-refractivity contribution in [2.24, 2.45) is 0 Å². The van der Waals surface area contributed by atoms with Crippen LogP contribution in [0.25, 0.3) is 0 Å². The van der Waals surface area contributed by atoms with Crippen molar-refractivity contribution in [1.29, 1.82) is 0 Å². The molecule has 130 valence electrons. The molecule has 3 rings (SSSR count). The lowest BCUT2D eigenvalue weighted by molar-refractivity contribution is 0.147. The fraction of sp³-hybridized carbons (Fsp3) is 0.667. The summed E-state index contributed by atoms with van der Waals surface area (Å²) in [6, 6.07) is -0.135. The van der Waals surface area contributed by atoms with Crippen LogP contribution in [-0.4, -0.2) is 42.9 Å². The monoisotopic (exact) mass is 349 g/mol. The fourth-order valence-corrected chi connectivity index (χ4v) is 3.55. The third-order valence-corrected chi connectivity index (χ3v) is 5.36. The number of rotatable bonds is 3. The minimum Gasteiger partial charge on any atom is -0.331 e. The Morgan fingerprint density at radius 1 is 1.42 bits per heavy atom. The van der Waals surface area contributed by atoms with Gasteiger partial charge in [-0.2, -0.15) is 5.10 Å². The SMILES string of the molecule is CC(C)(C)c1nnc(CNC(=O)N2CCCCC2c2ncn[nH]2)s1. The highest BCUT2D eigenvalue weighted by Gasteiger charge is 2.30. The van der Waals surface area contributed by atoms with Gasteiger partial charge in [0.25, 0.3) is 0 Å². The van der Waals surface area contributed by atoms with Gasteiger partial charge >= 0.3 is 6.03 Å². The van der Waals surface area contributed by atoms with Crippen molar-refractivity contribution in [2.45, 2.75) is 58.0 Å². The second-order valence-electron chi connectivity index (χ2n) is 6.99. The number of aromatic nitrogens is 5. The van der Waals surface area contributed by atoms with E-state index in [0.717, 1.165) is 41.6 Å². The molecule has 2 N–H and O–H groups in total. The molecule has 1 aliphatic heterocycles. The zero-order valence-electron chi connectivity index (χ0n) is 14.2. The maximum absolute atomic E-state index is 12.6. The molecule has 1 saturated heterocycles. The van der Waals surface area contributed by atoms with E-state index in [0.29, 0.717) is 6.54 Å². The zero-order valence-corrected chi connectivity index (χ0v) is 15.1. The number of aromatic amines is 1. The highest BCUT2D eigenvalue weighted by Crippen LogP contribution is 2.29. The van der Waals surface area contributed by atoms with E-state index in [2.05, 4.69) is 51.5 Å². The normalized spacial score (nSPS) is 18.6. The molecule has 0 saturated carbocycles. The molecule has 2 amide bonds. The molecule has 1 unspecified atom stereocenters. The molecule has 2 aromatic rings. The lowest BCUT2D eigenvalue weighted by Gasteiger charge is -2.34. The second kappa shape index (κ2) is 6.84. The molecule has 24 heavy (non-hydrogen) atoms. The summed E-state index contributed by atoms with van der Waals surface area (Å²) in [5.74, 6) is 0.746. The molecule has 0 aromatic carbocycles. The molecule has 3 heterocycles. The highest BCUT2D eigenvalue weighted by molar-refractivity contribution is 7.11. The number of hydrogen-bond acceptors (Lipinski definition) is 6. The van der Waals surface area contributed by atoms with Gasteiger partial charge in [0.2, 0.25) is 0 Å². The maximum Gasteiger partial charge on any atom is 0.318 e. The summed E-state index contributed by atoms with van der Waals surface area (Å²) in [4.78, 5) is 18.6. The van der Waals surface area contributed by atoms with Crippen LogP contribution in [0.1, 0.15) is 61.9 Å². The van der Waals surface area contributed by atoms with Crippen LogP contribution in [0.4, 0.5) is 4.79 Å². The van der Waals surface area contributed by atoms with Crippen molar-refractivity contribution in [1.82, 2.24) is 35.6 Å². The van der Waals surface area contributed by atoms with Crippen LogP contribution in [0, 0.1) is 0 Å². The van der Waals surface area contributed by atoms with Crippen molar-refractivity contribution in [2.75, 3.05) is 6.54 Å². The molecule has 1 atom stereocenters. The third-order valence-electron chi connectivity index (χ3n) is 4.01. The van der Waals surface area contributed by atoms with Crippen LogP contribution in [-0.2, 0) is 12.0 Å². The molecule has 0 aliphatic carbocycles. The van der Waals surface area contributed by atoms with Crippen molar-refractivity contribution < 1.29 is 4.79 Å². The van der Waals surface area contributed by atoms with Gasteiger partial charge in [-0.3, -0.25) is 5.10 Å². The molecule has 2 aromatic heterocycles. The number of carbonyl (C=O) groups excluding carboxylic acids is 1. The lowest BCUT2D eigenvalue weighted by Crippen LogP contribution is -2.44. The second-order valence-corrected chi connectivity index (χ2v) is 8.05. The topological polar surface area (TPSA) is 99.7 Å². The summed E-state index contributed by atoms with van der Waals surface area (Å²) >= 11 is 1.54. The first-order valence-electron chi connectivity index (χ1n) is 8.18. The van der Waals surface area contributed by atoms with Crippen LogP contribution in [0.15, 0.2) is 6.33 Å². The van der Waals surface area contributed by atoms with Crippen LogP contribution in [0.2, 0.25) is 0 Å². The Hall–Kier alpha value is -2.03. The van der Waals surface area contributed by atoms with Crippen LogP contribution < -0.4 is 5.32 Å². The first kappa shape index (κ1) is 16.8. The van der Waals surface area contributed by atoms with E-state index in [1.807, 2.05) is 4.90 Å². The number of likely N-dealkylation sites (tertiary alicyclic amines) is 1. The zero-order chi connectivity index (χ0) is 17.2. The Kier molecular flexibility index (Phi) is 4.79. The van der Waals surface area contributed by atoms with Crippen molar-refractivity contribution in [3.05, 3.63) is 22.2 Å². The van der Waals surface area contributed by atoms with Crippen LogP contribution >= 0.6 is 11.3 Å².